The van der Waals surface area contributed by atoms with Gasteiger partial charge in [0.15, 0.2) is 0 Å². The van der Waals surface area contributed by atoms with Gasteiger partial charge in [-0.3, -0.25) is 4.79 Å². The molecule has 0 aromatic carbocycles. The molecule has 5 heteroatoms. The number of carbonyl (C=O) groups excluding carboxylic acids is 2. The second-order valence-corrected chi connectivity index (χ2v) is 4.18. The van der Waals surface area contributed by atoms with E-state index in [9.17, 15) is 9.59 Å². The van der Waals surface area contributed by atoms with Crippen LogP contribution in [-0.2, 0) is 9.53 Å². The van der Waals surface area contributed by atoms with Crippen LogP contribution in [0.25, 0.3) is 5.32 Å². The Morgan fingerprint density at radius 1 is 1.19 bits per heavy atom. The Balaban J connectivity index is 0.00000225. The average molecular weight is 235 g/mol. The monoisotopic (exact) mass is 235 g/mol. The summed E-state index contributed by atoms with van der Waals surface area (Å²) in [6.07, 6.45) is 5.42. The molecule has 1 rings (SSSR count). The molecule has 0 bridgehead atoms. The summed E-state index contributed by atoms with van der Waals surface area (Å²) in [6.45, 7) is 3.80. The van der Waals surface area contributed by atoms with Gasteiger partial charge in [-0.15, -0.1) is 0 Å². The number of ether oxygens (including phenoxy) is 1. The fourth-order valence-corrected chi connectivity index (χ4v) is 1.68. The summed E-state index contributed by atoms with van der Waals surface area (Å²) in [7, 11) is 0. The Labute approximate surface area is 119 Å². The molecule has 1 aliphatic rings. The van der Waals surface area contributed by atoms with Crippen LogP contribution in [0.5, 0.6) is 0 Å². The molecule has 0 spiro atoms. The number of hydrogen-bond acceptors (Lipinski definition) is 3. The zero-order valence-electron chi connectivity index (χ0n) is 10.4. The van der Waals surface area contributed by atoms with Gasteiger partial charge in [0.2, 0.25) is 6.09 Å². The van der Waals surface area contributed by atoms with Crippen molar-refractivity contribution in [2.75, 3.05) is 0 Å². The standard InChI is InChI=1S/C11H19NO3.Na/c1-3-4-5-6-7-8-11(2)9(13)12-10(14)15-11;/h3-8H2,1-2H3,(H,12,13,14);/q;+1/p-1. The van der Waals surface area contributed by atoms with E-state index in [1.807, 2.05) is 0 Å². The van der Waals surface area contributed by atoms with Crippen molar-refractivity contribution >= 4 is 12.0 Å². The summed E-state index contributed by atoms with van der Waals surface area (Å²) >= 11 is 0. The maximum atomic E-state index is 11.3. The predicted octanol–water partition coefficient (Wildman–Crippen LogP) is 0.160. The van der Waals surface area contributed by atoms with E-state index >= 15 is 0 Å². The SMILES string of the molecule is CCCCCCCC1(C)OC(=O)[N-]C1=O.[Na+]. The van der Waals surface area contributed by atoms with Crippen molar-refractivity contribution in [3.63, 3.8) is 0 Å². The van der Waals surface area contributed by atoms with Crippen molar-refractivity contribution in [1.29, 1.82) is 0 Å². The van der Waals surface area contributed by atoms with Crippen LogP contribution < -0.4 is 29.6 Å². The Kier molecular flexibility index (Phi) is 7.27. The molecule has 1 heterocycles. The van der Waals surface area contributed by atoms with Crippen LogP contribution in [0.15, 0.2) is 0 Å². The molecule has 1 atom stereocenters. The van der Waals surface area contributed by atoms with Gasteiger partial charge in [0, 0.05) is 0 Å². The molecule has 0 aliphatic carbocycles. The first kappa shape index (κ1) is 15.9. The average Bonchev–Trinajstić information content (AvgIpc) is 2.41. The number of unbranched alkanes of at least 4 members (excludes halogenated alkanes) is 4. The van der Waals surface area contributed by atoms with Gasteiger partial charge in [0.05, 0.1) is 0 Å². The molecule has 1 fully saturated rings. The summed E-state index contributed by atoms with van der Waals surface area (Å²) in [5.41, 5.74) is -0.983. The van der Waals surface area contributed by atoms with Crippen LogP contribution >= 0.6 is 0 Å². The van der Waals surface area contributed by atoms with E-state index in [2.05, 4.69) is 12.2 Å². The molecule has 1 aliphatic heterocycles. The van der Waals surface area contributed by atoms with Crippen molar-refractivity contribution < 1.29 is 43.9 Å². The molecule has 1 saturated heterocycles. The Morgan fingerprint density at radius 3 is 2.31 bits per heavy atom. The van der Waals surface area contributed by atoms with Crippen molar-refractivity contribution in [3.05, 3.63) is 5.32 Å². The van der Waals surface area contributed by atoms with Gasteiger partial charge in [0.1, 0.15) is 11.5 Å². The van der Waals surface area contributed by atoms with Crippen LogP contribution in [0.1, 0.15) is 52.4 Å². The third kappa shape index (κ3) is 4.44. The van der Waals surface area contributed by atoms with E-state index in [1.165, 1.54) is 19.3 Å². The first-order valence-electron chi connectivity index (χ1n) is 5.57. The second-order valence-electron chi connectivity index (χ2n) is 4.18. The van der Waals surface area contributed by atoms with Crippen molar-refractivity contribution in [2.24, 2.45) is 0 Å². The minimum atomic E-state index is -0.983. The van der Waals surface area contributed by atoms with Gasteiger partial charge in [-0.25, -0.2) is 0 Å². The summed E-state index contributed by atoms with van der Waals surface area (Å²) in [6, 6.07) is 0. The summed E-state index contributed by atoms with van der Waals surface area (Å²) in [5, 5.41) is 3.26. The fraction of sp³-hybridized carbons (Fsp3) is 0.818. The van der Waals surface area contributed by atoms with Crippen molar-refractivity contribution in [1.82, 2.24) is 0 Å². The van der Waals surface area contributed by atoms with Crippen molar-refractivity contribution in [2.45, 2.75) is 58.0 Å². The molecular weight excluding hydrogens is 217 g/mol. The largest absolute Gasteiger partial charge is 1.00 e. The number of imide groups is 1. The van der Waals surface area contributed by atoms with Gasteiger partial charge >= 0.3 is 29.6 Å². The summed E-state index contributed by atoms with van der Waals surface area (Å²) in [5.74, 6) is -0.428. The minimum absolute atomic E-state index is 0. The molecule has 86 valence electrons. The Bertz CT molecular complexity index is 258. The third-order valence-electron chi connectivity index (χ3n) is 2.72. The molecule has 1 unspecified atom stereocenters. The van der Waals surface area contributed by atoms with Crippen LogP contribution in [0.2, 0.25) is 0 Å². The molecule has 0 radical (unpaired) electrons. The normalized spacial score (nSPS) is 23.6. The van der Waals surface area contributed by atoms with Gasteiger partial charge < -0.3 is 14.8 Å². The molecule has 2 amide bonds. The first-order chi connectivity index (χ1) is 7.08. The fourth-order valence-electron chi connectivity index (χ4n) is 1.68. The van der Waals surface area contributed by atoms with E-state index in [-0.39, 0.29) is 29.6 Å². The summed E-state index contributed by atoms with van der Waals surface area (Å²) in [4.78, 5) is 22.1. The van der Waals surface area contributed by atoms with Crippen LogP contribution in [0, 0.1) is 0 Å². The molecule has 0 aromatic rings. The van der Waals surface area contributed by atoms with E-state index in [0.29, 0.717) is 6.42 Å². The van der Waals surface area contributed by atoms with Gasteiger partial charge in [-0.2, -0.15) is 0 Å². The maximum absolute atomic E-state index is 11.3. The summed E-state index contributed by atoms with van der Waals surface area (Å²) < 4.78 is 4.91. The van der Waals surface area contributed by atoms with E-state index in [4.69, 9.17) is 4.74 Å². The van der Waals surface area contributed by atoms with Crippen LogP contribution in [0.3, 0.4) is 0 Å². The first-order valence-corrected chi connectivity index (χ1v) is 5.57. The van der Waals surface area contributed by atoms with Crippen molar-refractivity contribution in [3.8, 4) is 0 Å². The minimum Gasteiger partial charge on any atom is -0.556 e. The van der Waals surface area contributed by atoms with E-state index in [1.54, 1.807) is 6.92 Å². The predicted molar refractivity (Wildman–Crippen MR) is 56.6 cm³/mol. The smallest absolute Gasteiger partial charge is 0.556 e. The zero-order chi connectivity index (χ0) is 11.3. The number of rotatable bonds is 6. The van der Waals surface area contributed by atoms with Gasteiger partial charge in [-0.05, 0) is 19.8 Å². The topological polar surface area (TPSA) is 57.5 Å². The molecular formula is C11H18NNaO3. The number of hydrogen-bond donors (Lipinski definition) is 0. The zero-order valence-corrected chi connectivity index (χ0v) is 12.4. The number of carbonyl (C=O) groups is 2. The van der Waals surface area contributed by atoms with Gasteiger partial charge in [-0.1, -0.05) is 32.6 Å². The molecule has 0 N–H and O–H groups in total. The van der Waals surface area contributed by atoms with Crippen LogP contribution in [0.4, 0.5) is 4.79 Å². The van der Waals surface area contributed by atoms with E-state index < -0.39 is 17.6 Å². The van der Waals surface area contributed by atoms with E-state index in [0.717, 1.165) is 12.8 Å². The number of nitrogens with zero attached hydrogens (tertiary/aromatic N) is 1. The second kappa shape index (κ2) is 7.30. The number of amides is 2. The molecule has 0 aromatic heterocycles. The molecule has 4 nitrogen and oxygen atoms in total. The quantitative estimate of drug-likeness (QED) is 0.487. The third-order valence-corrected chi connectivity index (χ3v) is 2.72. The Hall–Kier alpha value is -0.0600. The van der Waals surface area contributed by atoms with Crippen LogP contribution in [-0.4, -0.2) is 17.6 Å². The number of cyclic esters (lactones) is 1. The molecule has 0 saturated carbocycles. The molecule has 16 heavy (non-hydrogen) atoms. The van der Waals surface area contributed by atoms with Gasteiger partial charge in [0.25, 0.3) is 0 Å². The maximum Gasteiger partial charge on any atom is 1.00 e. The Morgan fingerprint density at radius 2 is 1.81 bits per heavy atom.